The molecular weight excluding hydrogens is 575 g/mol. The van der Waals surface area contributed by atoms with Crippen molar-refractivity contribution in [2.24, 2.45) is 0 Å². The van der Waals surface area contributed by atoms with E-state index in [9.17, 15) is 14.4 Å². The van der Waals surface area contributed by atoms with Crippen LogP contribution in [0.3, 0.4) is 0 Å². The topological polar surface area (TPSA) is 85.4 Å². The van der Waals surface area contributed by atoms with Gasteiger partial charge in [0.2, 0.25) is 0 Å². The summed E-state index contributed by atoms with van der Waals surface area (Å²) in [5.41, 5.74) is 0.941. The maximum absolute atomic E-state index is 14.9. The number of esters is 2. The van der Waals surface area contributed by atoms with Crippen LogP contribution < -0.4 is 5.06 Å². The van der Waals surface area contributed by atoms with E-state index in [4.69, 9.17) is 14.1 Å². The van der Waals surface area contributed by atoms with Gasteiger partial charge in [-0.2, -0.15) is 0 Å². The average Bonchev–Trinajstić information content (AvgIpc) is 3.45. The number of hydrogen-bond acceptors (Lipinski definition) is 8. The van der Waals surface area contributed by atoms with Gasteiger partial charge in [0.1, 0.15) is 0 Å². The Hall–Kier alpha value is -4.62. The van der Waals surface area contributed by atoms with E-state index < -0.39 is 30.6 Å². The number of nitrogens with zero attached hydrogens (tertiary/aromatic N) is 2. The van der Waals surface area contributed by atoms with Crippen molar-refractivity contribution in [3.8, 4) is 0 Å². The minimum absolute atomic E-state index is 0.0577. The van der Waals surface area contributed by atoms with Crippen LogP contribution in [-0.2, 0) is 29.2 Å². The number of carbonyl (C=O) groups excluding carboxylic acids is 3. The van der Waals surface area contributed by atoms with Gasteiger partial charge in [-0.15, -0.1) is 0 Å². The Morgan fingerprint density at radius 1 is 0.682 bits per heavy atom. The van der Waals surface area contributed by atoms with Gasteiger partial charge in [-0.3, -0.25) is 0 Å². The van der Waals surface area contributed by atoms with Crippen molar-refractivity contribution >= 4 is 30.4 Å². The Morgan fingerprint density at radius 3 is 1.61 bits per heavy atom. The Balaban J connectivity index is 1.82. The number of methoxy groups -OCH3 is 2. The molecule has 0 amide bonds. The molecule has 6 rings (SSSR count). The number of benzene rings is 4. The summed E-state index contributed by atoms with van der Waals surface area (Å²) < 4.78 is 19.9. The van der Waals surface area contributed by atoms with Crippen LogP contribution in [0.25, 0.3) is 0 Å². The second kappa shape index (κ2) is 10.8. The molecule has 0 N–H and O–H groups in total. The normalized spacial score (nSPS) is 20.7. The van der Waals surface area contributed by atoms with E-state index in [0.717, 1.165) is 0 Å². The number of ketones is 1. The van der Waals surface area contributed by atoms with Crippen molar-refractivity contribution in [1.29, 1.82) is 0 Å². The van der Waals surface area contributed by atoms with Gasteiger partial charge >= 0.3 is 257 Å². The van der Waals surface area contributed by atoms with Crippen LogP contribution in [-0.4, -0.2) is 56.1 Å². The molecule has 1 saturated heterocycles. The number of carbonyl (C=O) groups is 3. The van der Waals surface area contributed by atoms with Gasteiger partial charge in [-0.05, 0) is 0 Å². The van der Waals surface area contributed by atoms with Crippen molar-refractivity contribution < 1.29 is 28.5 Å². The Morgan fingerprint density at radius 2 is 1.14 bits per heavy atom. The number of para-hydroxylation sites is 1. The molecule has 0 saturated carbocycles. The van der Waals surface area contributed by atoms with Crippen LogP contribution in [0.15, 0.2) is 132 Å². The molecule has 44 heavy (non-hydrogen) atoms. The fourth-order valence-corrected chi connectivity index (χ4v) is 11.4. The molecule has 8 nitrogen and oxygen atoms in total. The SMILES string of the molecule is COC(=O)C1=C(C(=O)OC)P2(C)(C)ON(c3ccccc3)[C@@H](C(=O)c3ccccc3)N2C1(c1ccccc1)c1ccccc1. The van der Waals surface area contributed by atoms with E-state index in [1.54, 1.807) is 29.3 Å². The van der Waals surface area contributed by atoms with Crippen LogP contribution in [0.5, 0.6) is 0 Å². The third-order valence-corrected chi connectivity index (χ3v) is 12.6. The number of ether oxygens (including phenoxy) is 2. The number of hydroxylamine groups is 1. The third kappa shape index (κ3) is 4.14. The fraction of sp³-hybridized carbons (Fsp3) is 0.171. The van der Waals surface area contributed by atoms with Crippen molar-refractivity contribution in [3.63, 3.8) is 0 Å². The van der Waals surface area contributed by atoms with Crippen LogP contribution in [0.1, 0.15) is 21.5 Å². The molecule has 4 aromatic carbocycles. The summed E-state index contributed by atoms with van der Waals surface area (Å²) in [6.07, 6.45) is -1.12. The molecule has 2 aliphatic rings. The van der Waals surface area contributed by atoms with Gasteiger partial charge in [0.05, 0.1) is 0 Å². The van der Waals surface area contributed by atoms with Crippen molar-refractivity contribution in [2.45, 2.75) is 11.7 Å². The first-order chi connectivity index (χ1) is 21.2. The number of fused-ring (bicyclic) bond motifs is 1. The molecule has 2 heterocycles. The van der Waals surface area contributed by atoms with Crippen molar-refractivity contribution in [1.82, 2.24) is 4.67 Å². The Labute approximate surface area is 256 Å². The molecule has 2 aliphatic heterocycles. The maximum atomic E-state index is 14.9. The quantitative estimate of drug-likeness (QED) is 0.140. The molecule has 4 aromatic rings. The summed E-state index contributed by atoms with van der Waals surface area (Å²) in [5, 5.41) is 1.65. The van der Waals surface area contributed by atoms with Gasteiger partial charge < -0.3 is 0 Å². The van der Waals surface area contributed by atoms with Crippen LogP contribution in [0, 0.1) is 0 Å². The average molecular weight is 609 g/mol. The number of hydrogen-bond donors (Lipinski definition) is 0. The molecule has 0 unspecified atom stereocenters. The monoisotopic (exact) mass is 608 g/mol. The van der Waals surface area contributed by atoms with Gasteiger partial charge in [0.15, 0.2) is 0 Å². The van der Waals surface area contributed by atoms with Gasteiger partial charge in [-0.25, -0.2) is 0 Å². The molecule has 224 valence electrons. The predicted molar refractivity (Wildman–Crippen MR) is 170 cm³/mol. The van der Waals surface area contributed by atoms with Gasteiger partial charge in [0, 0.05) is 0 Å². The molecule has 1 atom stereocenters. The molecule has 0 aliphatic carbocycles. The first kappa shape index (κ1) is 29.5. The third-order valence-electron chi connectivity index (χ3n) is 8.44. The van der Waals surface area contributed by atoms with Crippen LogP contribution in [0.4, 0.5) is 5.69 Å². The van der Waals surface area contributed by atoms with Crippen LogP contribution >= 0.6 is 6.98 Å². The molecule has 0 radical (unpaired) electrons. The summed E-state index contributed by atoms with van der Waals surface area (Å²) in [7, 11) is 2.55. The second-order valence-electron chi connectivity index (χ2n) is 11.3. The predicted octanol–water partition coefficient (Wildman–Crippen LogP) is 6.15. The Bertz CT molecular complexity index is 1720. The standard InChI is InChI=1S/C35H33N2O6P/c1-41-33(39)29-31(34(40)42-2)44(3,4)37(35(29,26-19-11-6-12-20-26)27-21-13-7-14-22-27)32(30(38)25-17-9-5-10-18-25)36(43-44)28-23-15-8-16-24-28/h5-24,32H,1-4H3/t32-/m1/s1. The fourth-order valence-electron chi connectivity index (χ4n) is 6.75. The number of rotatable bonds is 7. The molecule has 0 spiro atoms. The van der Waals surface area contributed by atoms with E-state index in [-0.39, 0.29) is 16.7 Å². The molecule has 1 fully saturated rings. The second-order valence-corrected chi connectivity index (χ2v) is 16.2. The van der Waals surface area contributed by atoms with Gasteiger partial charge in [-0.1, -0.05) is 0 Å². The zero-order chi connectivity index (χ0) is 31.1. The molecule has 0 bridgehead atoms. The van der Waals surface area contributed by atoms with Crippen LogP contribution in [0.2, 0.25) is 0 Å². The summed E-state index contributed by atoms with van der Waals surface area (Å²) in [6, 6.07) is 37.0. The van der Waals surface area contributed by atoms with E-state index in [1.807, 2.05) is 115 Å². The molecule has 0 aromatic heterocycles. The zero-order valence-corrected chi connectivity index (χ0v) is 25.8. The van der Waals surface area contributed by atoms with E-state index in [1.165, 1.54) is 14.2 Å². The summed E-state index contributed by atoms with van der Waals surface area (Å²) >= 11 is 0. The van der Waals surface area contributed by atoms with Crippen molar-refractivity contribution in [3.05, 3.63) is 149 Å². The first-order valence-corrected chi connectivity index (χ1v) is 17.2. The summed E-state index contributed by atoms with van der Waals surface area (Å²) in [6.45, 7) is -0.628. The summed E-state index contributed by atoms with van der Waals surface area (Å²) in [5.74, 6) is -1.72. The van der Waals surface area contributed by atoms with Crippen molar-refractivity contribution in [2.75, 3.05) is 32.6 Å². The number of anilines is 1. The van der Waals surface area contributed by atoms with E-state index >= 15 is 0 Å². The van der Waals surface area contributed by atoms with E-state index in [0.29, 0.717) is 22.4 Å². The van der Waals surface area contributed by atoms with E-state index in [2.05, 4.69) is 0 Å². The molecule has 9 heteroatoms. The minimum atomic E-state index is -4.30. The zero-order valence-electron chi connectivity index (χ0n) is 24.9. The number of Topliss-reactive ketones (excluding diaryl/α,β-unsaturated/α-hetero) is 1. The first-order valence-electron chi connectivity index (χ1n) is 14.2. The molecular formula is C35H33N2O6P. The summed E-state index contributed by atoms with van der Waals surface area (Å²) in [4.78, 5) is 43.2. The van der Waals surface area contributed by atoms with Gasteiger partial charge in [0.25, 0.3) is 0 Å². The Kier molecular flexibility index (Phi) is 7.25.